The van der Waals surface area contributed by atoms with E-state index in [1.165, 1.54) is 4.88 Å². The standard InChI is InChI=1S/C11H14O2S2/c12-10(11-8-14-7-5-13-11)4-3-9-2-1-6-15-9/h1-2,6,11H,3-5,7-8H2. The third-order valence-electron chi connectivity index (χ3n) is 2.37. The first-order chi connectivity index (χ1) is 7.36. The number of thiophene rings is 1. The monoisotopic (exact) mass is 242 g/mol. The second-order valence-electron chi connectivity index (χ2n) is 3.48. The van der Waals surface area contributed by atoms with Crippen LogP contribution in [-0.2, 0) is 16.0 Å². The Bertz CT molecular complexity index is 302. The van der Waals surface area contributed by atoms with Gasteiger partial charge < -0.3 is 4.74 Å². The van der Waals surface area contributed by atoms with Crippen molar-refractivity contribution in [3.05, 3.63) is 22.4 Å². The zero-order valence-corrected chi connectivity index (χ0v) is 10.1. The highest BCUT2D eigenvalue weighted by Gasteiger charge is 2.21. The van der Waals surface area contributed by atoms with Gasteiger partial charge in [0.1, 0.15) is 6.10 Å². The summed E-state index contributed by atoms with van der Waals surface area (Å²) < 4.78 is 5.44. The van der Waals surface area contributed by atoms with Crippen LogP contribution in [0.2, 0.25) is 0 Å². The van der Waals surface area contributed by atoms with Gasteiger partial charge in [0.05, 0.1) is 6.61 Å². The van der Waals surface area contributed by atoms with E-state index >= 15 is 0 Å². The molecule has 0 radical (unpaired) electrons. The number of thioether (sulfide) groups is 1. The fourth-order valence-corrected chi connectivity index (χ4v) is 3.12. The Kier molecular flexibility index (Phi) is 4.23. The molecular weight excluding hydrogens is 228 g/mol. The van der Waals surface area contributed by atoms with Crippen LogP contribution < -0.4 is 0 Å². The second kappa shape index (κ2) is 5.68. The van der Waals surface area contributed by atoms with E-state index in [2.05, 4.69) is 6.07 Å². The molecule has 0 N–H and O–H groups in total. The maximum atomic E-state index is 11.8. The number of ether oxygens (including phenoxy) is 1. The van der Waals surface area contributed by atoms with Gasteiger partial charge in [-0.15, -0.1) is 11.3 Å². The van der Waals surface area contributed by atoms with Crippen LogP contribution >= 0.6 is 23.1 Å². The van der Waals surface area contributed by atoms with Gasteiger partial charge in [0.2, 0.25) is 0 Å². The molecule has 0 spiro atoms. The Morgan fingerprint density at radius 3 is 3.20 bits per heavy atom. The fourth-order valence-electron chi connectivity index (χ4n) is 1.54. The summed E-state index contributed by atoms with van der Waals surface area (Å²) in [4.78, 5) is 13.0. The van der Waals surface area contributed by atoms with Gasteiger partial charge >= 0.3 is 0 Å². The Labute approximate surface area is 98.0 Å². The summed E-state index contributed by atoms with van der Waals surface area (Å²) in [5, 5.41) is 2.05. The predicted molar refractivity (Wildman–Crippen MR) is 64.7 cm³/mol. The number of hydrogen-bond donors (Lipinski definition) is 0. The lowest BCUT2D eigenvalue weighted by Gasteiger charge is -2.20. The van der Waals surface area contributed by atoms with E-state index in [1.54, 1.807) is 11.3 Å². The molecule has 0 aromatic carbocycles. The minimum Gasteiger partial charge on any atom is -0.369 e. The molecular formula is C11H14O2S2. The minimum absolute atomic E-state index is 0.149. The number of aryl methyl sites for hydroxylation is 1. The van der Waals surface area contributed by atoms with Crippen molar-refractivity contribution >= 4 is 28.9 Å². The van der Waals surface area contributed by atoms with E-state index in [1.807, 2.05) is 23.2 Å². The first-order valence-electron chi connectivity index (χ1n) is 5.11. The van der Waals surface area contributed by atoms with Crippen LogP contribution in [0.3, 0.4) is 0 Å². The van der Waals surface area contributed by atoms with Gasteiger partial charge in [-0.25, -0.2) is 0 Å². The van der Waals surface area contributed by atoms with Gasteiger partial charge in [0.15, 0.2) is 5.78 Å². The molecule has 2 heterocycles. The maximum absolute atomic E-state index is 11.8. The van der Waals surface area contributed by atoms with Crippen molar-refractivity contribution in [1.29, 1.82) is 0 Å². The Hall–Kier alpha value is -0.320. The zero-order chi connectivity index (χ0) is 10.5. The number of carbonyl (C=O) groups excluding carboxylic acids is 1. The SMILES string of the molecule is O=C(CCc1cccs1)C1CSCCO1. The highest BCUT2D eigenvalue weighted by atomic mass is 32.2. The zero-order valence-electron chi connectivity index (χ0n) is 8.48. The molecule has 1 aliphatic heterocycles. The molecule has 4 heteroatoms. The van der Waals surface area contributed by atoms with E-state index < -0.39 is 0 Å². The summed E-state index contributed by atoms with van der Waals surface area (Å²) in [7, 11) is 0. The first-order valence-corrected chi connectivity index (χ1v) is 7.14. The predicted octanol–water partition coefficient (Wildman–Crippen LogP) is 2.38. The molecule has 0 aliphatic carbocycles. The third kappa shape index (κ3) is 3.33. The summed E-state index contributed by atoms with van der Waals surface area (Å²) in [6.07, 6.45) is 1.33. The van der Waals surface area contributed by atoms with E-state index in [0.29, 0.717) is 6.42 Å². The van der Waals surface area contributed by atoms with Crippen LogP contribution in [0, 0.1) is 0 Å². The summed E-state index contributed by atoms with van der Waals surface area (Å²) >= 11 is 3.52. The van der Waals surface area contributed by atoms with E-state index in [0.717, 1.165) is 24.5 Å². The van der Waals surface area contributed by atoms with E-state index in [9.17, 15) is 4.79 Å². The molecule has 1 atom stereocenters. The smallest absolute Gasteiger partial charge is 0.162 e. The van der Waals surface area contributed by atoms with E-state index in [4.69, 9.17) is 4.74 Å². The molecule has 2 nitrogen and oxygen atoms in total. The van der Waals surface area contributed by atoms with Crippen LogP contribution in [-0.4, -0.2) is 30.0 Å². The van der Waals surface area contributed by atoms with Crippen molar-refractivity contribution in [3.8, 4) is 0 Å². The lowest BCUT2D eigenvalue weighted by atomic mass is 10.1. The molecule has 0 saturated carbocycles. The molecule has 0 amide bonds. The normalized spacial score (nSPS) is 21.5. The van der Waals surface area contributed by atoms with Crippen LogP contribution in [0.1, 0.15) is 11.3 Å². The molecule has 1 unspecified atom stereocenters. The number of carbonyl (C=O) groups is 1. The molecule has 0 bridgehead atoms. The summed E-state index contributed by atoms with van der Waals surface area (Å²) in [5.41, 5.74) is 0. The number of ketones is 1. The van der Waals surface area contributed by atoms with Gasteiger partial charge in [0.25, 0.3) is 0 Å². The number of hydrogen-bond acceptors (Lipinski definition) is 4. The second-order valence-corrected chi connectivity index (χ2v) is 5.66. The van der Waals surface area contributed by atoms with Crippen molar-refractivity contribution in [2.75, 3.05) is 18.1 Å². The van der Waals surface area contributed by atoms with Gasteiger partial charge in [-0.2, -0.15) is 11.8 Å². The third-order valence-corrected chi connectivity index (χ3v) is 4.30. The fraction of sp³-hybridized carbons (Fsp3) is 0.545. The van der Waals surface area contributed by atoms with Crippen LogP contribution in [0.15, 0.2) is 17.5 Å². The molecule has 1 fully saturated rings. The topological polar surface area (TPSA) is 26.3 Å². The molecule has 15 heavy (non-hydrogen) atoms. The van der Waals surface area contributed by atoms with Crippen LogP contribution in [0.5, 0.6) is 0 Å². The highest BCUT2D eigenvalue weighted by molar-refractivity contribution is 7.99. The van der Waals surface area contributed by atoms with E-state index in [-0.39, 0.29) is 11.9 Å². The lowest BCUT2D eigenvalue weighted by molar-refractivity contribution is -0.129. The van der Waals surface area contributed by atoms with Gasteiger partial charge in [-0.1, -0.05) is 6.07 Å². The average molecular weight is 242 g/mol. The molecule has 1 saturated heterocycles. The van der Waals surface area contributed by atoms with Crippen LogP contribution in [0.4, 0.5) is 0 Å². The summed E-state index contributed by atoms with van der Waals surface area (Å²) in [5.74, 6) is 2.12. The van der Waals surface area contributed by atoms with Crippen molar-refractivity contribution in [3.63, 3.8) is 0 Å². The van der Waals surface area contributed by atoms with Gasteiger partial charge in [0, 0.05) is 22.8 Å². The van der Waals surface area contributed by atoms with Crippen molar-refractivity contribution in [2.45, 2.75) is 18.9 Å². The molecule has 82 valence electrons. The number of Topliss-reactive ketones (excluding diaryl/α,β-unsaturated/α-hetero) is 1. The maximum Gasteiger partial charge on any atom is 0.162 e. The largest absolute Gasteiger partial charge is 0.369 e. The Morgan fingerprint density at radius 2 is 2.53 bits per heavy atom. The Morgan fingerprint density at radius 1 is 1.60 bits per heavy atom. The Balaban J connectivity index is 1.76. The molecule has 1 aliphatic rings. The average Bonchev–Trinajstić information content (AvgIpc) is 2.80. The first kappa shape index (κ1) is 11.2. The van der Waals surface area contributed by atoms with Crippen molar-refractivity contribution in [1.82, 2.24) is 0 Å². The number of rotatable bonds is 4. The molecule has 1 aromatic rings. The molecule has 1 aromatic heterocycles. The van der Waals surface area contributed by atoms with Crippen molar-refractivity contribution < 1.29 is 9.53 Å². The quantitative estimate of drug-likeness (QED) is 0.811. The minimum atomic E-state index is -0.149. The van der Waals surface area contributed by atoms with Gasteiger partial charge in [-0.05, 0) is 17.9 Å². The van der Waals surface area contributed by atoms with Crippen molar-refractivity contribution in [2.24, 2.45) is 0 Å². The van der Waals surface area contributed by atoms with Crippen LogP contribution in [0.25, 0.3) is 0 Å². The lowest BCUT2D eigenvalue weighted by Crippen LogP contribution is -2.31. The molecule has 2 rings (SSSR count). The highest BCUT2D eigenvalue weighted by Crippen LogP contribution is 2.17. The summed E-state index contributed by atoms with van der Waals surface area (Å²) in [6.45, 7) is 0.722. The summed E-state index contributed by atoms with van der Waals surface area (Å²) in [6, 6.07) is 4.10. The van der Waals surface area contributed by atoms with Gasteiger partial charge in [-0.3, -0.25) is 4.79 Å².